The maximum absolute atomic E-state index is 13.7. The van der Waals surface area contributed by atoms with Gasteiger partial charge in [-0.15, -0.1) is 11.3 Å². The minimum absolute atomic E-state index is 0.219. The quantitative estimate of drug-likeness (QED) is 0.626. The van der Waals surface area contributed by atoms with Crippen LogP contribution in [0.2, 0.25) is 0 Å². The molecule has 3 aromatic rings. The summed E-state index contributed by atoms with van der Waals surface area (Å²) in [5.74, 6) is -1.20. The van der Waals surface area contributed by atoms with Crippen LogP contribution in [0.1, 0.15) is 43.3 Å². The second-order valence-corrected chi connectivity index (χ2v) is 7.44. The Morgan fingerprint density at radius 1 is 1.26 bits per heavy atom. The van der Waals surface area contributed by atoms with Crippen molar-refractivity contribution < 1.29 is 18.7 Å². The summed E-state index contributed by atoms with van der Waals surface area (Å²) in [6.45, 7) is 3.66. The van der Waals surface area contributed by atoms with Crippen LogP contribution in [0.15, 0.2) is 29.6 Å². The van der Waals surface area contributed by atoms with Gasteiger partial charge in [-0.25, -0.2) is 19.2 Å². The molecule has 3 rings (SSSR count). The Morgan fingerprint density at radius 2 is 2.04 bits per heavy atom. The number of nitrogens with one attached hydrogen (secondary N) is 1. The highest BCUT2D eigenvalue weighted by Gasteiger charge is 2.19. The number of esters is 1. The molecule has 6 nitrogen and oxygen atoms in total. The summed E-state index contributed by atoms with van der Waals surface area (Å²) in [5, 5.41) is 5.17. The van der Waals surface area contributed by atoms with Gasteiger partial charge in [0.2, 0.25) is 0 Å². The second kappa shape index (κ2) is 8.36. The van der Waals surface area contributed by atoms with E-state index in [-0.39, 0.29) is 18.1 Å². The molecule has 1 aromatic carbocycles. The van der Waals surface area contributed by atoms with Gasteiger partial charge in [0, 0.05) is 11.8 Å². The molecule has 2 aromatic heterocycles. The Balaban J connectivity index is 1.69. The van der Waals surface area contributed by atoms with Gasteiger partial charge in [-0.05, 0) is 25.5 Å². The van der Waals surface area contributed by atoms with Crippen molar-refractivity contribution in [2.24, 2.45) is 0 Å². The number of aromatic nitrogens is 2. The minimum atomic E-state index is -0.464. The average molecular weight is 405 g/mol. The van der Waals surface area contributed by atoms with Crippen molar-refractivity contribution in [2.75, 3.05) is 11.9 Å². The number of carbonyl (C=O) groups is 2. The monoisotopic (exact) mass is 405 g/mol. The Bertz CT molecular complexity index is 984. The summed E-state index contributed by atoms with van der Waals surface area (Å²) < 4.78 is 18.7. The van der Waals surface area contributed by atoms with E-state index in [4.69, 9.17) is 4.74 Å². The van der Waals surface area contributed by atoms with E-state index in [1.54, 1.807) is 37.4 Å². The van der Waals surface area contributed by atoms with Crippen LogP contribution in [0, 0.1) is 12.7 Å². The first kappa shape index (κ1) is 19.1. The molecule has 140 valence electrons. The Labute approximate surface area is 163 Å². The highest BCUT2D eigenvalue weighted by Crippen LogP contribution is 2.24. The molecule has 2 heterocycles. The lowest BCUT2D eigenvalue weighted by Gasteiger charge is -2.00. The summed E-state index contributed by atoms with van der Waals surface area (Å²) in [5.41, 5.74) is 1.23. The van der Waals surface area contributed by atoms with Crippen molar-refractivity contribution in [3.8, 4) is 0 Å². The van der Waals surface area contributed by atoms with E-state index in [0.29, 0.717) is 32.7 Å². The molecule has 1 N–H and O–H groups in total. The molecule has 0 radical (unpaired) electrons. The third-order valence-electron chi connectivity index (χ3n) is 3.56. The van der Waals surface area contributed by atoms with E-state index in [1.165, 1.54) is 17.4 Å². The van der Waals surface area contributed by atoms with Crippen molar-refractivity contribution in [2.45, 2.75) is 20.3 Å². The molecule has 0 aliphatic rings. The molecule has 27 heavy (non-hydrogen) atoms. The Morgan fingerprint density at radius 3 is 2.78 bits per heavy atom. The number of halogens is 1. The van der Waals surface area contributed by atoms with Crippen molar-refractivity contribution in [1.29, 1.82) is 0 Å². The van der Waals surface area contributed by atoms with E-state index in [1.807, 2.05) is 0 Å². The highest BCUT2D eigenvalue weighted by molar-refractivity contribution is 7.17. The molecule has 0 aliphatic heterocycles. The number of aryl methyl sites for hydroxylation is 1. The summed E-state index contributed by atoms with van der Waals surface area (Å²) >= 11 is 2.33. The smallest absolute Gasteiger partial charge is 0.350 e. The van der Waals surface area contributed by atoms with Crippen molar-refractivity contribution in [1.82, 2.24) is 9.97 Å². The maximum atomic E-state index is 13.7. The number of nitrogens with zero attached hydrogens (tertiary/aromatic N) is 2. The molecule has 0 fully saturated rings. The van der Waals surface area contributed by atoms with E-state index in [2.05, 4.69) is 15.3 Å². The molecule has 0 saturated heterocycles. The first-order valence-electron chi connectivity index (χ1n) is 8.11. The predicted molar refractivity (Wildman–Crippen MR) is 102 cm³/mol. The minimum Gasteiger partial charge on any atom is -0.462 e. The lowest BCUT2D eigenvalue weighted by Crippen LogP contribution is -2.12. The van der Waals surface area contributed by atoms with Gasteiger partial charge in [0.1, 0.15) is 16.4 Å². The van der Waals surface area contributed by atoms with Gasteiger partial charge < -0.3 is 4.74 Å². The third-order valence-corrected chi connectivity index (χ3v) is 5.46. The lowest BCUT2D eigenvalue weighted by atomic mass is 10.1. The Hall–Kier alpha value is -2.65. The fourth-order valence-electron chi connectivity index (χ4n) is 2.30. The zero-order chi connectivity index (χ0) is 19.4. The second-order valence-electron chi connectivity index (χ2n) is 5.50. The summed E-state index contributed by atoms with van der Waals surface area (Å²) in [6.07, 6.45) is 0.313. The van der Waals surface area contributed by atoms with Gasteiger partial charge >= 0.3 is 5.97 Å². The van der Waals surface area contributed by atoms with Crippen LogP contribution in [0.25, 0.3) is 0 Å². The van der Waals surface area contributed by atoms with Crippen LogP contribution in [0.4, 0.5) is 9.52 Å². The summed E-state index contributed by atoms with van der Waals surface area (Å²) in [6, 6.07) is 6.46. The number of carbonyl (C=O) groups excluding carboxylic acids is 2. The van der Waals surface area contributed by atoms with Gasteiger partial charge in [-0.2, -0.15) is 0 Å². The van der Waals surface area contributed by atoms with E-state index >= 15 is 0 Å². The number of anilines is 1. The first-order valence-corrected chi connectivity index (χ1v) is 9.81. The number of ether oxygens (including phenoxy) is 1. The van der Waals surface area contributed by atoms with E-state index < -0.39 is 11.9 Å². The predicted octanol–water partition coefficient (Wildman–Crippen LogP) is 4.07. The van der Waals surface area contributed by atoms with Crippen molar-refractivity contribution in [3.63, 3.8) is 0 Å². The van der Waals surface area contributed by atoms with Crippen molar-refractivity contribution in [3.05, 3.63) is 62.3 Å². The number of thiazole rings is 2. The van der Waals surface area contributed by atoms with Crippen LogP contribution < -0.4 is 5.32 Å². The van der Waals surface area contributed by atoms with Gasteiger partial charge in [-0.1, -0.05) is 29.5 Å². The zero-order valence-corrected chi connectivity index (χ0v) is 16.2. The van der Waals surface area contributed by atoms with Crippen LogP contribution in [-0.2, 0) is 11.2 Å². The fraction of sp³-hybridized carbons (Fsp3) is 0.222. The number of hydrogen-bond acceptors (Lipinski definition) is 7. The normalized spacial score (nSPS) is 10.6. The topological polar surface area (TPSA) is 81.2 Å². The van der Waals surface area contributed by atoms with Crippen LogP contribution in [0.3, 0.4) is 0 Å². The first-order chi connectivity index (χ1) is 13.0. The van der Waals surface area contributed by atoms with Gasteiger partial charge in [-0.3, -0.25) is 10.1 Å². The molecular weight excluding hydrogens is 389 g/mol. The molecule has 0 bridgehead atoms. The molecular formula is C18H16FN3O3S2. The van der Waals surface area contributed by atoms with Gasteiger partial charge in [0.15, 0.2) is 5.13 Å². The third kappa shape index (κ3) is 4.55. The van der Waals surface area contributed by atoms with E-state index in [0.717, 1.165) is 11.3 Å². The SMILES string of the molecule is CCOC(=O)c1sc(NC(=O)c2csc(Cc3ccccc3F)n2)nc1C. The zero-order valence-electron chi connectivity index (χ0n) is 14.6. The molecule has 0 spiro atoms. The van der Waals surface area contributed by atoms with Gasteiger partial charge in [0.05, 0.1) is 17.3 Å². The lowest BCUT2D eigenvalue weighted by molar-refractivity contribution is 0.0531. The molecule has 0 saturated carbocycles. The maximum Gasteiger partial charge on any atom is 0.350 e. The highest BCUT2D eigenvalue weighted by atomic mass is 32.1. The van der Waals surface area contributed by atoms with Crippen LogP contribution >= 0.6 is 22.7 Å². The molecule has 9 heteroatoms. The molecule has 0 aliphatic carbocycles. The number of benzene rings is 1. The van der Waals surface area contributed by atoms with Crippen LogP contribution in [-0.4, -0.2) is 28.5 Å². The van der Waals surface area contributed by atoms with Gasteiger partial charge in [0.25, 0.3) is 5.91 Å². The van der Waals surface area contributed by atoms with Crippen molar-refractivity contribution >= 4 is 39.7 Å². The summed E-state index contributed by atoms with van der Waals surface area (Å²) in [7, 11) is 0. The van der Waals surface area contributed by atoms with E-state index in [9.17, 15) is 14.0 Å². The average Bonchev–Trinajstić information content (AvgIpc) is 3.24. The largest absolute Gasteiger partial charge is 0.462 e. The molecule has 0 unspecified atom stereocenters. The Kier molecular flexibility index (Phi) is 5.92. The molecule has 1 amide bonds. The molecule has 0 atom stereocenters. The number of rotatable bonds is 6. The number of hydrogen-bond donors (Lipinski definition) is 1. The van der Waals surface area contributed by atoms with Crippen LogP contribution in [0.5, 0.6) is 0 Å². The summed E-state index contributed by atoms with van der Waals surface area (Å²) in [4.78, 5) is 33.0. The standard InChI is InChI=1S/C18H16FN3O3S2/c1-3-25-17(24)15-10(2)20-18(27-15)22-16(23)13-9-26-14(21-13)8-11-6-4-5-7-12(11)19/h4-7,9H,3,8H2,1-2H3,(H,20,22,23). The number of amides is 1. The fourth-order valence-corrected chi connectivity index (χ4v) is 3.95.